The lowest BCUT2D eigenvalue weighted by atomic mass is 10.2. The Morgan fingerprint density at radius 1 is 1.23 bits per heavy atom. The highest BCUT2D eigenvalue weighted by molar-refractivity contribution is 6.09. The lowest BCUT2D eigenvalue weighted by molar-refractivity contribution is 0.0587. The second kappa shape index (κ2) is 7.08. The first-order valence-electron chi connectivity index (χ1n) is 9.56. The molecule has 0 aromatic carbocycles. The van der Waals surface area contributed by atoms with Crippen LogP contribution in [0.1, 0.15) is 31.3 Å². The van der Waals surface area contributed by atoms with Gasteiger partial charge in [-0.2, -0.15) is 0 Å². The predicted molar refractivity (Wildman–Crippen MR) is 115 cm³/mol. The molecular formula is C21H22N6O4. The fourth-order valence-corrected chi connectivity index (χ4v) is 3.28. The number of H-pyrrole nitrogens is 1. The van der Waals surface area contributed by atoms with Gasteiger partial charge in [0.1, 0.15) is 22.5 Å². The zero-order valence-corrected chi connectivity index (χ0v) is 17.8. The number of ether oxygens (including phenoxy) is 1. The molecule has 0 unspecified atom stereocenters. The van der Waals surface area contributed by atoms with E-state index < -0.39 is 17.7 Å². The molecule has 0 atom stereocenters. The van der Waals surface area contributed by atoms with Crippen LogP contribution in [0, 0.1) is 0 Å². The van der Waals surface area contributed by atoms with Gasteiger partial charge in [-0.15, -0.1) is 0 Å². The van der Waals surface area contributed by atoms with Crippen molar-refractivity contribution in [1.82, 2.24) is 24.5 Å². The number of pyridine rings is 2. The molecule has 4 aromatic heterocycles. The zero-order valence-electron chi connectivity index (χ0n) is 17.8. The van der Waals surface area contributed by atoms with Gasteiger partial charge in [0.2, 0.25) is 0 Å². The summed E-state index contributed by atoms with van der Waals surface area (Å²) in [6.45, 7) is 5.38. The zero-order chi connectivity index (χ0) is 22.5. The summed E-state index contributed by atoms with van der Waals surface area (Å²) in [6.07, 6.45) is 1.10. The molecule has 4 aromatic rings. The van der Waals surface area contributed by atoms with Gasteiger partial charge in [0, 0.05) is 19.5 Å². The number of nitrogens with zero attached hydrogens (tertiary/aromatic N) is 5. The van der Waals surface area contributed by atoms with Crippen molar-refractivity contribution in [3.05, 3.63) is 36.3 Å². The molecule has 10 nitrogen and oxygen atoms in total. The van der Waals surface area contributed by atoms with Crippen molar-refractivity contribution in [2.24, 2.45) is 7.05 Å². The molecule has 0 fully saturated rings. The number of hydrogen-bond acceptors (Lipinski definition) is 6. The average molecular weight is 422 g/mol. The largest absolute Gasteiger partial charge is 0.477 e. The number of aromatic carboxylic acids is 1. The van der Waals surface area contributed by atoms with Gasteiger partial charge in [-0.25, -0.2) is 24.5 Å². The van der Waals surface area contributed by atoms with Crippen LogP contribution in [0.3, 0.4) is 0 Å². The molecule has 31 heavy (non-hydrogen) atoms. The highest BCUT2D eigenvalue weighted by atomic mass is 16.6. The number of carbonyl (C=O) groups is 2. The summed E-state index contributed by atoms with van der Waals surface area (Å²) in [5, 5.41) is 10.0. The molecule has 4 rings (SSSR count). The van der Waals surface area contributed by atoms with E-state index in [-0.39, 0.29) is 5.69 Å². The van der Waals surface area contributed by atoms with Crippen LogP contribution in [0.15, 0.2) is 30.6 Å². The van der Waals surface area contributed by atoms with E-state index in [0.717, 1.165) is 10.9 Å². The fourth-order valence-electron chi connectivity index (χ4n) is 3.28. The first-order chi connectivity index (χ1) is 14.5. The van der Waals surface area contributed by atoms with Crippen molar-refractivity contribution in [2.45, 2.75) is 26.4 Å². The summed E-state index contributed by atoms with van der Waals surface area (Å²) in [5.74, 6) is -0.760. The third kappa shape index (κ3) is 3.67. The monoisotopic (exact) mass is 422 g/mol. The number of hydrogen-bond donors (Lipinski definition) is 2. The Morgan fingerprint density at radius 2 is 1.97 bits per heavy atom. The topological polar surface area (TPSA) is 126 Å². The number of fused-ring (bicyclic) bond motifs is 3. The lowest BCUT2D eigenvalue weighted by Crippen LogP contribution is -2.34. The van der Waals surface area contributed by atoms with Crippen molar-refractivity contribution in [1.29, 1.82) is 0 Å². The summed E-state index contributed by atoms with van der Waals surface area (Å²) >= 11 is 0. The van der Waals surface area contributed by atoms with Crippen LogP contribution in [0.25, 0.3) is 33.5 Å². The number of rotatable bonds is 3. The minimum absolute atomic E-state index is 0.0554. The quantitative estimate of drug-likeness (QED) is 0.517. The number of imidazole rings is 1. The summed E-state index contributed by atoms with van der Waals surface area (Å²) in [6, 6.07) is 6.62. The molecule has 2 N–H and O–H groups in total. The van der Waals surface area contributed by atoms with E-state index in [2.05, 4.69) is 19.9 Å². The Balaban J connectivity index is 1.88. The summed E-state index contributed by atoms with van der Waals surface area (Å²) < 4.78 is 7.31. The molecule has 4 heterocycles. The third-order valence-corrected chi connectivity index (χ3v) is 4.65. The predicted octanol–water partition coefficient (Wildman–Crippen LogP) is 3.58. The number of carboxylic acid groups (broad SMARTS) is 1. The van der Waals surface area contributed by atoms with Crippen LogP contribution in [-0.4, -0.2) is 54.3 Å². The van der Waals surface area contributed by atoms with E-state index in [1.54, 1.807) is 46.3 Å². The van der Waals surface area contributed by atoms with Gasteiger partial charge >= 0.3 is 12.1 Å². The van der Waals surface area contributed by atoms with E-state index in [9.17, 15) is 14.7 Å². The van der Waals surface area contributed by atoms with Gasteiger partial charge in [-0.05, 0) is 39.0 Å². The fraction of sp³-hybridized carbons (Fsp3) is 0.286. The van der Waals surface area contributed by atoms with E-state index in [1.807, 2.05) is 17.7 Å². The minimum Gasteiger partial charge on any atom is -0.477 e. The molecule has 0 bridgehead atoms. The number of carboxylic acids is 1. The SMILES string of the molecule is CN(C(=O)OC(C)(C)C)c1nc2[nH]c(-c3cccc(C(=O)O)n3)cc2c2c1ncn2C. The van der Waals surface area contributed by atoms with Gasteiger partial charge in [-0.1, -0.05) is 6.07 Å². The summed E-state index contributed by atoms with van der Waals surface area (Å²) in [5.41, 5.74) is 2.19. The van der Waals surface area contributed by atoms with E-state index in [1.165, 1.54) is 11.0 Å². The van der Waals surface area contributed by atoms with Crippen molar-refractivity contribution in [3.63, 3.8) is 0 Å². The molecule has 0 saturated carbocycles. The van der Waals surface area contributed by atoms with Crippen LogP contribution in [0.5, 0.6) is 0 Å². The number of aryl methyl sites for hydroxylation is 1. The lowest BCUT2D eigenvalue weighted by Gasteiger charge is -2.24. The molecule has 0 aliphatic rings. The van der Waals surface area contributed by atoms with Crippen LogP contribution >= 0.6 is 0 Å². The molecule has 10 heteroatoms. The smallest absolute Gasteiger partial charge is 0.415 e. The van der Waals surface area contributed by atoms with E-state index >= 15 is 0 Å². The van der Waals surface area contributed by atoms with Gasteiger partial charge in [-0.3, -0.25) is 4.90 Å². The summed E-state index contributed by atoms with van der Waals surface area (Å²) in [4.78, 5) is 41.7. The van der Waals surface area contributed by atoms with Crippen molar-refractivity contribution < 1.29 is 19.4 Å². The number of carbonyl (C=O) groups excluding carboxylic acids is 1. The molecule has 1 amide bonds. The van der Waals surface area contributed by atoms with Crippen LogP contribution < -0.4 is 4.90 Å². The molecule has 160 valence electrons. The molecular weight excluding hydrogens is 400 g/mol. The molecule has 0 aliphatic carbocycles. The number of anilines is 1. The number of aromatic amines is 1. The maximum atomic E-state index is 12.6. The first-order valence-corrected chi connectivity index (χ1v) is 9.56. The van der Waals surface area contributed by atoms with Gasteiger partial charge in [0.25, 0.3) is 0 Å². The molecule has 0 spiro atoms. The highest BCUT2D eigenvalue weighted by Crippen LogP contribution is 2.33. The Hall–Kier alpha value is -3.95. The Labute approximate surface area is 177 Å². The van der Waals surface area contributed by atoms with E-state index in [4.69, 9.17) is 4.74 Å². The van der Waals surface area contributed by atoms with Crippen LogP contribution in [0.4, 0.5) is 10.6 Å². The normalized spacial score (nSPS) is 11.8. The Morgan fingerprint density at radius 3 is 2.65 bits per heavy atom. The maximum absolute atomic E-state index is 12.6. The Bertz CT molecular complexity index is 1330. The van der Waals surface area contributed by atoms with Gasteiger partial charge in [0.15, 0.2) is 5.82 Å². The standard InChI is InChI=1S/C21H22N6O4/c1-21(2,3)31-20(30)27(5)18-15-16(26(4)10-22-15)11-9-14(24-17(11)25-18)12-7-6-8-13(23-12)19(28)29/h6-10H,1-5H3,(H,24,25)(H,28,29). The number of amides is 1. The van der Waals surface area contributed by atoms with Crippen LogP contribution in [0.2, 0.25) is 0 Å². The molecule has 0 saturated heterocycles. The second-order valence-electron chi connectivity index (χ2n) is 8.19. The average Bonchev–Trinajstić information content (AvgIpc) is 3.29. The first kappa shape index (κ1) is 20.3. The highest BCUT2D eigenvalue weighted by Gasteiger charge is 2.25. The van der Waals surface area contributed by atoms with Crippen LogP contribution in [-0.2, 0) is 11.8 Å². The van der Waals surface area contributed by atoms with Gasteiger partial charge in [0.05, 0.1) is 23.2 Å². The minimum atomic E-state index is -1.11. The molecule has 0 radical (unpaired) electrons. The number of nitrogens with one attached hydrogen (secondary N) is 1. The molecule has 0 aliphatic heterocycles. The van der Waals surface area contributed by atoms with Crippen molar-refractivity contribution >= 4 is 39.9 Å². The Kier molecular flexibility index (Phi) is 4.64. The van der Waals surface area contributed by atoms with Gasteiger partial charge < -0.3 is 19.4 Å². The van der Waals surface area contributed by atoms with E-state index in [0.29, 0.717) is 28.4 Å². The maximum Gasteiger partial charge on any atom is 0.415 e. The number of aromatic nitrogens is 5. The second-order valence-corrected chi connectivity index (χ2v) is 8.19. The third-order valence-electron chi connectivity index (χ3n) is 4.65. The van der Waals surface area contributed by atoms with Crippen molar-refractivity contribution in [2.75, 3.05) is 11.9 Å². The summed E-state index contributed by atoms with van der Waals surface area (Å²) in [7, 11) is 3.43. The van der Waals surface area contributed by atoms with Crippen molar-refractivity contribution in [3.8, 4) is 11.4 Å².